The molecule has 30 heavy (non-hydrogen) atoms. The predicted molar refractivity (Wildman–Crippen MR) is 106 cm³/mol. The van der Waals surface area contributed by atoms with E-state index in [1.54, 1.807) is 12.1 Å². The molecule has 4 amide bonds. The molecule has 0 saturated heterocycles. The Kier molecular flexibility index (Phi) is 8.30. The summed E-state index contributed by atoms with van der Waals surface area (Å²) in [5.74, 6) is -1.86. The molecule has 0 aliphatic carbocycles. The van der Waals surface area contributed by atoms with Crippen LogP contribution in [0.4, 0.5) is 14.9 Å². The van der Waals surface area contributed by atoms with Gasteiger partial charge in [-0.05, 0) is 42.0 Å². The molecule has 2 rings (SSSR count). The molecule has 4 N–H and O–H groups in total. The van der Waals surface area contributed by atoms with Crippen LogP contribution < -0.4 is 21.3 Å². The van der Waals surface area contributed by atoms with Crippen LogP contribution in [0.2, 0.25) is 0 Å². The number of anilines is 1. The van der Waals surface area contributed by atoms with Crippen LogP contribution in [0.5, 0.6) is 0 Å². The van der Waals surface area contributed by atoms with E-state index < -0.39 is 23.8 Å². The molecule has 2 aromatic carbocycles. The van der Waals surface area contributed by atoms with E-state index in [2.05, 4.69) is 26.0 Å². The summed E-state index contributed by atoms with van der Waals surface area (Å²) in [6.07, 6.45) is 0. The largest absolute Gasteiger partial charge is 0.468 e. The molecule has 0 aliphatic rings. The summed E-state index contributed by atoms with van der Waals surface area (Å²) < 4.78 is 17.3. The first-order chi connectivity index (χ1) is 14.4. The minimum Gasteiger partial charge on any atom is -0.468 e. The highest BCUT2D eigenvalue weighted by molar-refractivity contribution is 5.97. The van der Waals surface area contributed by atoms with Crippen LogP contribution in [0.1, 0.15) is 15.9 Å². The zero-order valence-corrected chi connectivity index (χ0v) is 16.2. The summed E-state index contributed by atoms with van der Waals surface area (Å²) in [6.45, 7) is -0.327. The highest BCUT2D eigenvalue weighted by atomic mass is 19.1. The molecule has 158 valence electrons. The minimum absolute atomic E-state index is 0.188. The van der Waals surface area contributed by atoms with Gasteiger partial charge in [0.25, 0.3) is 5.91 Å². The first-order valence-electron chi connectivity index (χ1n) is 8.88. The zero-order valence-electron chi connectivity index (χ0n) is 16.2. The van der Waals surface area contributed by atoms with Crippen LogP contribution in [-0.2, 0) is 20.9 Å². The smallest absolute Gasteiger partial charge is 0.325 e. The van der Waals surface area contributed by atoms with E-state index >= 15 is 0 Å². The summed E-state index contributed by atoms with van der Waals surface area (Å²) in [5.41, 5.74) is 1.44. The monoisotopic (exact) mass is 416 g/mol. The molecule has 0 unspecified atom stereocenters. The van der Waals surface area contributed by atoms with Crippen molar-refractivity contribution in [2.45, 2.75) is 6.54 Å². The average molecular weight is 416 g/mol. The molecule has 10 heteroatoms. The van der Waals surface area contributed by atoms with Gasteiger partial charge in [-0.15, -0.1) is 0 Å². The second-order valence-electron chi connectivity index (χ2n) is 6.05. The number of carbonyl (C=O) groups excluding carboxylic acids is 4. The van der Waals surface area contributed by atoms with E-state index in [0.717, 1.165) is 0 Å². The molecule has 0 radical (unpaired) electrons. The third-order valence-electron chi connectivity index (χ3n) is 3.83. The third kappa shape index (κ3) is 7.58. The first-order valence-corrected chi connectivity index (χ1v) is 8.88. The van der Waals surface area contributed by atoms with Crippen molar-refractivity contribution >= 4 is 29.5 Å². The number of methoxy groups -OCH3 is 1. The Balaban J connectivity index is 1.72. The molecule has 2 aromatic rings. The molecule has 0 spiro atoms. The molecule has 0 aliphatic heterocycles. The topological polar surface area (TPSA) is 126 Å². The lowest BCUT2D eigenvalue weighted by atomic mass is 10.2. The fourth-order valence-electron chi connectivity index (χ4n) is 2.24. The Morgan fingerprint density at radius 2 is 1.53 bits per heavy atom. The van der Waals surface area contributed by atoms with Gasteiger partial charge >= 0.3 is 12.0 Å². The van der Waals surface area contributed by atoms with Gasteiger partial charge < -0.3 is 26.0 Å². The third-order valence-corrected chi connectivity index (χ3v) is 3.83. The highest BCUT2D eigenvalue weighted by Crippen LogP contribution is 2.09. The molecule has 0 saturated carbocycles. The normalized spacial score (nSPS) is 9.93. The molecule has 0 bridgehead atoms. The maximum atomic E-state index is 12.8. The number of hydrogen-bond acceptors (Lipinski definition) is 5. The predicted octanol–water partition coefficient (Wildman–Crippen LogP) is 1.17. The number of amides is 4. The Morgan fingerprint density at radius 1 is 0.867 bits per heavy atom. The van der Waals surface area contributed by atoms with Crippen molar-refractivity contribution in [3.05, 3.63) is 65.5 Å². The molecule has 0 heterocycles. The van der Waals surface area contributed by atoms with Crippen molar-refractivity contribution < 1.29 is 28.3 Å². The maximum absolute atomic E-state index is 12.8. The molecular formula is C20H21FN4O5. The number of ether oxygens (including phenoxy) is 1. The number of esters is 1. The number of benzene rings is 2. The Morgan fingerprint density at radius 3 is 2.17 bits per heavy atom. The van der Waals surface area contributed by atoms with Gasteiger partial charge in [0.15, 0.2) is 0 Å². The van der Waals surface area contributed by atoms with Gasteiger partial charge in [0, 0.05) is 17.8 Å². The second-order valence-corrected chi connectivity index (χ2v) is 6.05. The fraction of sp³-hybridized carbons (Fsp3) is 0.200. The van der Waals surface area contributed by atoms with Crippen molar-refractivity contribution in [1.82, 2.24) is 16.0 Å². The van der Waals surface area contributed by atoms with E-state index in [0.29, 0.717) is 16.8 Å². The van der Waals surface area contributed by atoms with Crippen LogP contribution in [0.3, 0.4) is 0 Å². The van der Waals surface area contributed by atoms with Gasteiger partial charge in [0.05, 0.1) is 13.7 Å². The van der Waals surface area contributed by atoms with Crippen LogP contribution in [0, 0.1) is 5.82 Å². The Hall–Kier alpha value is -3.95. The van der Waals surface area contributed by atoms with Gasteiger partial charge in [-0.1, -0.05) is 12.1 Å². The summed E-state index contributed by atoms with van der Waals surface area (Å²) in [6, 6.07) is 11.1. The summed E-state index contributed by atoms with van der Waals surface area (Å²) in [7, 11) is 1.22. The number of rotatable bonds is 8. The van der Waals surface area contributed by atoms with Gasteiger partial charge in [0.1, 0.15) is 12.4 Å². The SMILES string of the molecule is COC(=O)CNC(=O)c1ccc(NC(=O)CNC(=O)NCc2ccc(F)cc2)cc1. The van der Waals surface area contributed by atoms with E-state index in [1.165, 1.54) is 43.5 Å². The lowest BCUT2D eigenvalue weighted by Crippen LogP contribution is -2.39. The number of carbonyl (C=O) groups is 4. The second kappa shape index (κ2) is 11.1. The van der Waals surface area contributed by atoms with E-state index in [4.69, 9.17) is 0 Å². The van der Waals surface area contributed by atoms with Crippen LogP contribution in [0.25, 0.3) is 0 Å². The average Bonchev–Trinajstić information content (AvgIpc) is 2.75. The summed E-state index contributed by atoms with van der Waals surface area (Å²) >= 11 is 0. The van der Waals surface area contributed by atoms with Gasteiger partial charge in [-0.25, -0.2) is 9.18 Å². The zero-order chi connectivity index (χ0) is 21.9. The number of urea groups is 1. The quantitative estimate of drug-likeness (QED) is 0.481. The van der Waals surface area contributed by atoms with Crippen molar-refractivity contribution in [2.24, 2.45) is 0 Å². The molecule has 9 nitrogen and oxygen atoms in total. The van der Waals surface area contributed by atoms with Crippen molar-refractivity contribution in [3.8, 4) is 0 Å². The van der Waals surface area contributed by atoms with E-state index in [-0.39, 0.29) is 25.5 Å². The fourth-order valence-corrected chi connectivity index (χ4v) is 2.24. The maximum Gasteiger partial charge on any atom is 0.325 e. The summed E-state index contributed by atoms with van der Waals surface area (Å²) in [4.78, 5) is 46.6. The summed E-state index contributed by atoms with van der Waals surface area (Å²) in [5, 5.41) is 9.92. The van der Waals surface area contributed by atoms with E-state index in [9.17, 15) is 23.6 Å². The minimum atomic E-state index is -0.568. The van der Waals surface area contributed by atoms with Crippen LogP contribution >= 0.6 is 0 Å². The van der Waals surface area contributed by atoms with Gasteiger partial charge in [-0.2, -0.15) is 0 Å². The number of halogens is 1. The van der Waals surface area contributed by atoms with Crippen molar-refractivity contribution in [1.29, 1.82) is 0 Å². The first kappa shape index (κ1) is 22.3. The Bertz CT molecular complexity index is 900. The molecule has 0 atom stereocenters. The van der Waals surface area contributed by atoms with Gasteiger partial charge in [0.2, 0.25) is 5.91 Å². The van der Waals surface area contributed by atoms with Gasteiger partial charge in [-0.3, -0.25) is 14.4 Å². The van der Waals surface area contributed by atoms with Crippen molar-refractivity contribution in [2.75, 3.05) is 25.5 Å². The van der Waals surface area contributed by atoms with Crippen LogP contribution in [-0.4, -0.2) is 44.0 Å². The number of hydrogen-bond donors (Lipinski definition) is 4. The lowest BCUT2D eigenvalue weighted by molar-refractivity contribution is -0.139. The standard InChI is InChI=1S/C20H21FN4O5/c1-30-18(27)12-22-19(28)14-4-8-16(9-5-14)25-17(26)11-24-20(29)23-10-13-2-6-15(21)7-3-13/h2-9H,10-12H2,1H3,(H,22,28)(H,25,26)(H2,23,24,29). The highest BCUT2D eigenvalue weighted by Gasteiger charge is 2.09. The Labute approximate surface area is 172 Å². The van der Waals surface area contributed by atoms with Crippen molar-refractivity contribution in [3.63, 3.8) is 0 Å². The molecule has 0 aromatic heterocycles. The molecule has 0 fully saturated rings. The van der Waals surface area contributed by atoms with Crippen LogP contribution in [0.15, 0.2) is 48.5 Å². The lowest BCUT2D eigenvalue weighted by Gasteiger charge is -2.09. The number of nitrogens with one attached hydrogen (secondary N) is 4. The molecular weight excluding hydrogens is 395 g/mol. The van der Waals surface area contributed by atoms with E-state index in [1.807, 2.05) is 0 Å².